The fourth-order valence-corrected chi connectivity index (χ4v) is 8.45. The van der Waals surface area contributed by atoms with Gasteiger partial charge in [0.25, 0.3) is 0 Å². The van der Waals surface area contributed by atoms with E-state index in [0.717, 1.165) is 39.2 Å². The molecule has 6 aromatic rings. The van der Waals surface area contributed by atoms with E-state index in [2.05, 4.69) is 127 Å². The molecule has 3 unspecified atom stereocenters. The second-order valence-electron chi connectivity index (χ2n) is 12.9. The van der Waals surface area contributed by atoms with Gasteiger partial charge in [0, 0.05) is 28.5 Å². The molecule has 10 rings (SSSR count). The van der Waals surface area contributed by atoms with E-state index in [4.69, 9.17) is 4.99 Å². The number of rotatable bonds is 3. The quantitative estimate of drug-likeness (QED) is 0.186. The maximum Gasteiger partial charge on any atom is 0.193 e. The van der Waals surface area contributed by atoms with Crippen molar-refractivity contribution in [1.82, 2.24) is 0 Å². The highest BCUT2D eigenvalue weighted by molar-refractivity contribution is 6.24. The molecule has 0 N–H and O–H groups in total. The van der Waals surface area contributed by atoms with Gasteiger partial charge in [-0.1, -0.05) is 146 Å². The molecule has 3 atom stereocenters. The lowest BCUT2D eigenvalue weighted by Gasteiger charge is -2.30. The summed E-state index contributed by atoms with van der Waals surface area (Å²) in [6.45, 7) is 0. The molecule has 0 fully saturated rings. The van der Waals surface area contributed by atoms with Crippen LogP contribution in [0.25, 0.3) is 38.2 Å². The molecule has 0 aromatic heterocycles. The van der Waals surface area contributed by atoms with Gasteiger partial charge in [-0.15, -0.1) is 0 Å². The first-order valence-corrected chi connectivity index (χ1v) is 16.4. The third-order valence-corrected chi connectivity index (χ3v) is 10.5. The molecule has 0 amide bonds. The third kappa shape index (κ3) is 3.79. The molecule has 2 nitrogen and oxygen atoms in total. The SMILES string of the molecule is O=C1c2ccccc2C2C(c3ccc4c(-c5ccccc5)c5ccccc5c(C5=CC=CC6C=CC=CC56)c4c3)=Nc3cccc1c32. The Balaban J connectivity index is 1.28. The molecule has 6 aromatic carbocycles. The van der Waals surface area contributed by atoms with Crippen molar-refractivity contribution >= 4 is 44.3 Å². The zero-order valence-corrected chi connectivity index (χ0v) is 25.6. The Bertz CT molecular complexity index is 2490. The Kier molecular flexibility index (Phi) is 5.65. The fraction of sp³-hybridized carbons (Fsp3) is 0.0667. The smallest absolute Gasteiger partial charge is 0.193 e. The van der Waals surface area contributed by atoms with E-state index in [0.29, 0.717) is 5.92 Å². The largest absolute Gasteiger partial charge is 0.289 e. The normalized spacial score (nSPS) is 20.2. The van der Waals surface area contributed by atoms with E-state index >= 15 is 0 Å². The predicted octanol–water partition coefficient (Wildman–Crippen LogP) is 10.8. The molecule has 1 heterocycles. The van der Waals surface area contributed by atoms with E-state index in [1.807, 2.05) is 30.3 Å². The zero-order chi connectivity index (χ0) is 31.1. The molecule has 4 aliphatic rings. The molecule has 47 heavy (non-hydrogen) atoms. The molecule has 220 valence electrons. The highest BCUT2D eigenvalue weighted by Gasteiger charge is 2.39. The van der Waals surface area contributed by atoms with Crippen molar-refractivity contribution in [2.24, 2.45) is 16.8 Å². The van der Waals surface area contributed by atoms with Gasteiger partial charge < -0.3 is 0 Å². The molecular weight excluding hydrogens is 571 g/mol. The van der Waals surface area contributed by atoms with Gasteiger partial charge in [-0.05, 0) is 67.1 Å². The Hall–Kier alpha value is -5.86. The lowest BCUT2D eigenvalue weighted by Crippen LogP contribution is -2.23. The minimum Gasteiger partial charge on any atom is -0.289 e. The van der Waals surface area contributed by atoms with E-state index in [1.165, 1.54) is 43.8 Å². The number of ketones is 1. The second-order valence-corrected chi connectivity index (χ2v) is 12.9. The van der Waals surface area contributed by atoms with Crippen LogP contribution in [0.15, 0.2) is 163 Å². The van der Waals surface area contributed by atoms with Gasteiger partial charge in [0.05, 0.1) is 17.3 Å². The van der Waals surface area contributed by atoms with Crippen LogP contribution in [0, 0.1) is 11.8 Å². The predicted molar refractivity (Wildman–Crippen MR) is 194 cm³/mol. The monoisotopic (exact) mass is 599 g/mol. The van der Waals surface area contributed by atoms with Gasteiger partial charge in [0.2, 0.25) is 0 Å². The van der Waals surface area contributed by atoms with Crippen LogP contribution in [0.1, 0.15) is 44.1 Å². The minimum absolute atomic E-state index is 0.0855. The number of nitrogens with zero attached hydrogens (tertiary/aromatic N) is 1. The lowest BCUT2D eigenvalue weighted by atomic mass is 9.73. The van der Waals surface area contributed by atoms with Crippen molar-refractivity contribution in [1.29, 1.82) is 0 Å². The van der Waals surface area contributed by atoms with E-state index < -0.39 is 0 Å². The van der Waals surface area contributed by atoms with Gasteiger partial charge >= 0.3 is 0 Å². The van der Waals surface area contributed by atoms with Crippen LogP contribution in [-0.4, -0.2) is 11.5 Å². The Morgan fingerprint density at radius 2 is 1.28 bits per heavy atom. The zero-order valence-electron chi connectivity index (χ0n) is 25.6. The molecule has 0 saturated heterocycles. The first kappa shape index (κ1) is 26.4. The first-order chi connectivity index (χ1) is 23.3. The highest BCUT2D eigenvalue weighted by Crippen LogP contribution is 2.50. The van der Waals surface area contributed by atoms with Crippen LogP contribution < -0.4 is 0 Å². The summed E-state index contributed by atoms with van der Waals surface area (Å²) in [4.78, 5) is 18.9. The van der Waals surface area contributed by atoms with Gasteiger partial charge in [-0.25, -0.2) is 0 Å². The summed E-state index contributed by atoms with van der Waals surface area (Å²) in [5.41, 5.74) is 11.7. The summed E-state index contributed by atoms with van der Waals surface area (Å²) in [5.74, 6) is 0.591. The average Bonchev–Trinajstić information content (AvgIpc) is 3.53. The molecule has 3 aliphatic carbocycles. The maximum atomic E-state index is 13.6. The van der Waals surface area contributed by atoms with Crippen LogP contribution in [0.3, 0.4) is 0 Å². The van der Waals surface area contributed by atoms with Crippen molar-refractivity contribution in [3.8, 4) is 11.1 Å². The average molecular weight is 600 g/mol. The fourth-order valence-electron chi connectivity index (χ4n) is 8.45. The number of carbonyl (C=O) groups excluding carboxylic acids is 1. The highest BCUT2D eigenvalue weighted by atomic mass is 16.1. The van der Waals surface area contributed by atoms with Crippen molar-refractivity contribution in [2.75, 3.05) is 0 Å². The molecular formula is C45H29NO. The summed E-state index contributed by atoms with van der Waals surface area (Å²) in [5, 5.41) is 4.97. The summed E-state index contributed by atoms with van der Waals surface area (Å²) in [6, 6.07) is 40.6. The van der Waals surface area contributed by atoms with Crippen molar-refractivity contribution in [3.63, 3.8) is 0 Å². The second kappa shape index (κ2) is 10.1. The van der Waals surface area contributed by atoms with Crippen LogP contribution in [0.5, 0.6) is 0 Å². The molecule has 0 saturated carbocycles. The molecule has 0 spiro atoms. The number of fused-ring (bicyclic) bond motifs is 5. The lowest BCUT2D eigenvalue weighted by molar-refractivity contribution is 0.103. The number of carbonyl (C=O) groups is 1. The number of aliphatic imine (C=N–C) groups is 1. The van der Waals surface area contributed by atoms with E-state index in [1.54, 1.807) is 0 Å². The molecule has 2 heteroatoms. The van der Waals surface area contributed by atoms with Crippen LogP contribution in [0.2, 0.25) is 0 Å². The van der Waals surface area contributed by atoms with Crippen LogP contribution in [0.4, 0.5) is 5.69 Å². The summed E-state index contributed by atoms with van der Waals surface area (Å²) >= 11 is 0. The molecule has 1 aliphatic heterocycles. The Labute approximate surface area is 273 Å². The standard InChI is InChI=1S/C45H29NO/c47-45-36-20-9-8-19-34(36)43-42-37(45)22-11-23-39(42)46-44(43)29-24-25-35-38(26-29)41(31-21-10-15-27-12-4-5-16-30(27)31)33-18-7-6-17-32(33)40(35)28-13-2-1-3-14-28/h1-27,30,43H. The van der Waals surface area contributed by atoms with Gasteiger partial charge in [-0.3, -0.25) is 9.79 Å². The van der Waals surface area contributed by atoms with Gasteiger partial charge in [0.1, 0.15) is 0 Å². The van der Waals surface area contributed by atoms with Crippen LogP contribution in [-0.2, 0) is 0 Å². The first-order valence-electron chi connectivity index (χ1n) is 16.4. The number of hydrogen-bond acceptors (Lipinski definition) is 2. The molecule has 0 bridgehead atoms. The topological polar surface area (TPSA) is 29.4 Å². The van der Waals surface area contributed by atoms with Crippen LogP contribution >= 0.6 is 0 Å². The molecule has 0 radical (unpaired) electrons. The number of benzene rings is 6. The summed E-state index contributed by atoms with van der Waals surface area (Å²) < 4.78 is 0. The third-order valence-electron chi connectivity index (χ3n) is 10.5. The number of allylic oxidation sites excluding steroid dienone is 8. The summed E-state index contributed by atoms with van der Waals surface area (Å²) in [7, 11) is 0. The van der Waals surface area contributed by atoms with Gasteiger partial charge in [0.15, 0.2) is 5.78 Å². The maximum absolute atomic E-state index is 13.6. The Morgan fingerprint density at radius 1 is 0.553 bits per heavy atom. The van der Waals surface area contributed by atoms with Gasteiger partial charge in [-0.2, -0.15) is 0 Å². The van der Waals surface area contributed by atoms with E-state index in [9.17, 15) is 4.79 Å². The van der Waals surface area contributed by atoms with E-state index in [-0.39, 0.29) is 17.6 Å². The minimum atomic E-state index is -0.0855. The van der Waals surface area contributed by atoms with Crippen molar-refractivity contribution < 1.29 is 4.79 Å². The number of hydrogen-bond donors (Lipinski definition) is 0. The summed E-state index contributed by atoms with van der Waals surface area (Å²) in [6.07, 6.45) is 15.9. The van der Waals surface area contributed by atoms with Crippen molar-refractivity contribution in [3.05, 3.63) is 191 Å². The Morgan fingerprint density at radius 3 is 2.17 bits per heavy atom. The van der Waals surface area contributed by atoms with Crippen molar-refractivity contribution in [2.45, 2.75) is 5.92 Å².